The molecule has 0 aliphatic heterocycles. The summed E-state index contributed by atoms with van der Waals surface area (Å²) < 4.78 is 1.11. The number of nitrogens with zero attached hydrogens (tertiary/aromatic N) is 2. The predicted molar refractivity (Wildman–Crippen MR) is 88.4 cm³/mol. The van der Waals surface area contributed by atoms with Crippen LogP contribution in [0.3, 0.4) is 0 Å². The fourth-order valence-corrected chi connectivity index (χ4v) is 2.25. The Balaban J connectivity index is 2.05. The van der Waals surface area contributed by atoms with Crippen LogP contribution in [0, 0.1) is 3.57 Å². The first kappa shape index (κ1) is 14.2. The van der Waals surface area contributed by atoms with Crippen LogP contribution in [0.15, 0.2) is 58.8 Å². The van der Waals surface area contributed by atoms with E-state index < -0.39 is 0 Å². The summed E-state index contributed by atoms with van der Waals surface area (Å²) in [6, 6.07) is 16.3. The highest BCUT2D eigenvalue weighted by atomic mass is 127. The number of azo groups is 1. The van der Waals surface area contributed by atoms with Crippen molar-refractivity contribution in [3.63, 3.8) is 0 Å². The number of rotatable bonds is 5. The zero-order chi connectivity index (χ0) is 13.5. The van der Waals surface area contributed by atoms with Crippen LogP contribution in [0.5, 0.6) is 0 Å². The molecule has 0 aromatic heterocycles. The van der Waals surface area contributed by atoms with Gasteiger partial charge in [0.05, 0.1) is 11.4 Å². The molecule has 2 rings (SSSR count). The van der Waals surface area contributed by atoms with Gasteiger partial charge in [-0.3, -0.25) is 0 Å². The maximum Gasteiger partial charge on any atom is 0.0990 e. The molecule has 0 aliphatic carbocycles. The van der Waals surface area contributed by atoms with Crippen molar-refractivity contribution < 1.29 is 0 Å². The van der Waals surface area contributed by atoms with Crippen LogP contribution < -0.4 is 0 Å². The maximum absolute atomic E-state index is 4.29. The molecule has 0 aliphatic rings. The van der Waals surface area contributed by atoms with Gasteiger partial charge in [0.2, 0.25) is 0 Å². The van der Waals surface area contributed by atoms with E-state index in [0.29, 0.717) is 0 Å². The zero-order valence-electron chi connectivity index (χ0n) is 11.0. The minimum absolute atomic E-state index is 0.903. The van der Waals surface area contributed by atoms with Crippen molar-refractivity contribution >= 4 is 34.0 Å². The van der Waals surface area contributed by atoms with Gasteiger partial charge in [-0.2, -0.15) is 5.11 Å². The first-order chi connectivity index (χ1) is 9.29. The lowest BCUT2D eigenvalue weighted by Gasteiger charge is -2.00. The molecule has 0 fully saturated rings. The number of unbranched alkanes of at least 4 members (excludes halogenated alkanes) is 1. The van der Waals surface area contributed by atoms with Crippen LogP contribution >= 0.6 is 22.6 Å². The second-order valence-corrected chi connectivity index (χ2v) is 5.58. The van der Waals surface area contributed by atoms with Gasteiger partial charge in [-0.05, 0) is 65.3 Å². The van der Waals surface area contributed by atoms with E-state index in [-0.39, 0.29) is 0 Å². The molecule has 0 amide bonds. The smallest absolute Gasteiger partial charge is 0.0990 e. The number of hydrogen-bond donors (Lipinski definition) is 0. The Kier molecular flexibility index (Phi) is 5.51. The van der Waals surface area contributed by atoms with Crippen LogP contribution in [0.1, 0.15) is 25.3 Å². The molecular formula is C16H17IN2. The predicted octanol–water partition coefficient (Wildman–Crippen LogP) is 6.05. The van der Waals surface area contributed by atoms with Crippen LogP contribution in [0.25, 0.3) is 0 Å². The fraction of sp³-hybridized carbons (Fsp3) is 0.250. The number of hydrogen-bond acceptors (Lipinski definition) is 2. The van der Waals surface area contributed by atoms with Gasteiger partial charge in [0.25, 0.3) is 0 Å². The number of halogens is 1. The van der Waals surface area contributed by atoms with Gasteiger partial charge in [-0.15, -0.1) is 5.11 Å². The normalized spacial score (nSPS) is 11.1. The van der Waals surface area contributed by atoms with E-state index in [1.54, 1.807) is 0 Å². The quantitative estimate of drug-likeness (QED) is 0.456. The summed E-state index contributed by atoms with van der Waals surface area (Å²) in [6.07, 6.45) is 3.61. The summed E-state index contributed by atoms with van der Waals surface area (Å²) in [4.78, 5) is 0. The summed E-state index contributed by atoms with van der Waals surface area (Å²) in [5, 5.41) is 8.56. The highest BCUT2D eigenvalue weighted by Gasteiger charge is 1.96. The molecule has 2 aromatic rings. The monoisotopic (exact) mass is 364 g/mol. The minimum atomic E-state index is 0.903. The molecule has 98 valence electrons. The van der Waals surface area contributed by atoms with E-state index in [4.69, 9.17) is 0 Å². The van der Waals surface area contributed by atoms with Crippen molar-refractivity contribution in [2.45, 2.75) is 26.2 Å². The van der Waals surface area contributed by atoms with E-state index in [9.17, 15) is 0 Å². The second kappa shape index (κ2) is 7.38. The lowest BCUT2D eigenvalue weighted by molar-refractivity contribution is 0.795. The Morgan fingerprint density at radius 2 is 1.68 bits per heavy atom. The average Bonchev–Trinajstić information content (AvgIpc) is 2.45. The molecule has 0 atom stereocenters. The summed E-state index contributed by atoms with van der Waals surface area (Å²) in [5.74, 6) is 0. The first-order valence-corrected chi connectivity index (χ1v) is 7.62. The highest BCUT2D eigenvalue weighted by Crippen LogP contribution is 2.23. The summed E-state index contributed by atoms with van der Waals surface area (Å²) >= 11 is 2.27. The van der Waals surface area contributed by atoms with Crippen LogP contribution in [0.4, 0.5) is 11.4 Å². The van der Waals surface area contributed by atoms with Crippen molar-refractivity contribution in [1.82, 2.24) is 0 Å². The van der Waals surface area contributed by atoms with E-state index in [2.05, 4.69) is 51.9 Å². The second-order valence-electron chi connectivity index (χ2n) is 4.42. The third-order valence-corrected chi connectivity index (χ3v) is 3.79. The minimum Gasteiger partial charge on any atom is -0.151 e. The molecule has 0 N–H and O–H groups in total. The Hall–Kier alpha value is -1.23. The van der Waals surface area contributed by atoms with E-state index in [0.717, 1.165) is 21.4 Å². The average molecular weight is 364 g/mol. The molecule has 3 heteroatoms. The summed E-state index contributed by atoms with van der Waals surface area (Å²) in [6.45, 7) is 2.21. The summed E-state index contributed by atoms with van der Waals surface area (Å²) in [5.41, 5.74) is 3.19. The largest absolute Gasteiger partial charge is 0.151 e. The molecule has 0 bridgehead atoms. The van der Waals surface area contributed by atoms with Crippen molar-refractivity contribution in [3.05, 3.63) is 57.7 Å². The number of aryl methyl sites for hydroxylation is 1. The van der Waals surface area contributed by atoms with E-state index in [1.807, 2.05) is 36.4 Å². The molecule has 2 aromatic carbocycles. The van der Waals surface area contributed by atoms with Crippen LogP contribution in [0.2, 0.25) is 0 Å². The molecule has 19 heavy (non-hydrogen) atoms. The third-order valence-electron chi connectivity index (χ3n) is 2.88. The molecule has 0 heterocycles. The molecule has 0 radical (unpaired) electrons. The molecule has 0 saturated heterocycles. The van der Waals surface area contributed by atoms with Crippen LogP contribution in [-0.2, 0) is 6.42 Å². The molecule has 0 saturated carbocycles. The summed E-state index contributed by atoms with van der Waals surface area (Å²) in [7, 11) is 0. The van der Waals surface area contributed by atoms with Crippen molar-refractivity contribution in [2.24, 2.45) is 10.2 Å². The van der Waals surface area contributed by atoms with Gasteiger partial charge < -0.3 is 0 Å². The Labute approximate surface area is 128 Å². The lowest BCUT2D eigenvalue weighted by atomic mass is 10.1. The van der Waals surface area contributed by atoms with Gasteiger partial charge in [-0.1, -0.05) is 37.6 Å². The van der Waals surface area contributed by atoms with E-state index >= 15 is 0 Å². The fourth-order valence-electron chi connectivity index (χ4n) is 1.75. The molecule has 0 unspecified atom stereocenters. The van der Waals surface area contributed by atoms with Gasteiger partial charge in [0.15, 0.2) is 0 Å². The van der Waals surface area contributed by atoms with Gasteiger partial charge >= 0.3 is 0 Å². The van der Waals surface area contributed by atoms with Crippen molar-refractivity contribution in [1.29, 1.82) is 0 Å². The van der Waals surface area contributed by atoms with Crippen molar-refractivity contribution in [3.8, 4) is 0 Å². The molecule has 2 nitrogen and oxygen atoms in total. The lowest BCUT2D eigenvalue weighted by Crippen LogP contribution is -1.82. The number of benzene rings is 2. The first-order valence-electron chi connectivity index (χ1n) is 6.55. The Morgan fingerprint density at radius 1 is 0.947 bits per heavy atom. The topological polar surface area (TPSA) is 24.7 Å². The maximum atomic E-state index is 4.29. The van der Waals surface area contributed by atoms with Gasteiger partial charge in [0.1, 0.15) is 0 Å². The van der Waals surface area contributed by atoms with Crippen LogP contribution in [-0.4, -0.2) is 0 Å². The zero-order valence-corrected chi connectivity index (χ0v) is 13.2. The Morgan fingerprint density at radius 3 is 2.37 bits per heavy atom. The Bertz CT molecular complexity index is 547. The van der Waals surface area contributed by atoms with Gasteiger partial charge in [-0.25, -0.2) is 0 Å². The van der Waals surface area contributed by atoms with Gasteiger partial charge in [0, 0.05) is 3.57 Å². The SMILES string of the molecule is CCCCc1ccc(N=Nc2ccccc2I)cc1. The highest BCUT2D eigenvalue weighted by molar-refractivity contribution is 14.1. The molecule has 0 spiro atoms. The molecular weight excluding hydrogens is 347 g/mol. The standard InChI is InChI=1S/C16H17IN2/c1-2-3-6-13-9-11-14(12-10-13)18-19-16-8-5-4-7-15(16)17/h4-5,7-12H,2-3,6H2,1H3. The van der Waals surface area contributed by atoms with Crippen molar-refractivity contribution in [2.75, 3.05) is 0 Å². The van der Waals surface area contributed by atoms with E-state index in [1.165, 1.54) is 18.4 Å². The third kappa shape index (κ3) is 4.42.